The number of methoxy groups -OCH3 is 2. The molecular weight excluding hydrogens is 388 g/mol. The highest BCUT2D eigenvalue weighted by atomic mass is 32.2. The van der Waals surface area contributed by atoms with Crippen LogP contribution in [0.15, 0.2) is 46.0 Å². The monoisotopic (exact) mass is 410 g/mol. The van der Waals surface area contributed by atoms with Crippen LogP contribution in [0.2, 0.25) is 0 Å². The molecule has 0 spiro atoms. The van der Waals surface area contributed by atoms with E-state index in [9.17, 15) is 4.79 Å². The predicted molar refractivity (Wildman–Crippen MR) is 111 cm³/mol. The number of hydrogen-bond acceptors (Lipinski definition) is 7. The van der Waals surface area contributed by atoms with Crippen molar-refractivity contribution in [3.8, 4) is 23.0 Å². The highest BCUT2D eigenvalue weighted by molar-refractivity contribution is 8.00. The summed E-state index contributed by atoms with van der Waals surface area (Å²) in [5.41, 5.74) is 4.08. The summed E-state index contributed by atoms with van der Waals surface area (Å²) >= 11 is 1.26. The van der Waals surface area contributed by atoms with Crippen molar-refractivity contribution in [2.45, 2.75) is 36.7 Å². The van der Waals surface area contributed by atoms with Crippen molar-refractivity contribution >= 4 is 17.5 Å². The molecule has 6 nitrogen and oxygen atoms in total. The lowest BCUT2D eigenvalue weighted by Crippen LogP contribution is -2.13. The standard InChI is InChI=1S/C22H22N2O4S/c1-13(20(25)16-8-7-14-5-4-6-15(14)9-16)29-22-24-23-21(28-22)17-10-18(26-2)12-19(11-17)27-3/h7-13H,4-6H2,1-3H3/t13-/m1/s1. The Morgan fingerprint density at radius 3 is 2.48 bits per heavy atom. The van der Waals surface area contributed by atoms with Crippen molar-refractivity contribution in [1.29, 1.82) is 0 Å². The third kappa shape index (κ3) is 4.15. The molecule has 3 aromatic rings. The number of ketones is 1. The number of carbonyl (C=O) groups is 1. The summed E-state index contributed by atoms with van der Waals surface area (Å²) in [4.78, 5) is 12.8. The fourth-order valence-electron chi connectivity index (χ4n) is 3.47. The fourth-order valence-corrected chi connectivity index (χ4v) is 4.23. The van der Waals surface area contributed by atoms with Crippen molar-refractivity contribution in [2.75, 3.05) is 14.2 Å². The zero-order valence-electron chi connectivity index (χ0n) is 16.6. The van der Waals surface area contributed by atoms with Gasteiger partial charge in [0.1, 0.15) is 11.5 Å². The lowest BCUT2D eigenvalue weighted by atomic mass is 10.0. The minimum Gasteiger partial charge on any atom is -0.497 e. The first-order chi connectivity index (χ1) is 14.1. The second kappa shape index (κ2) is 8.29. The van der Waals surface area contributed by atoms with Crippen molar-refractivity contribution in [3.05, 3.63) is 53.1 Å². The number of carbonyl (C=O) groups excluding carboxylic acids is 1. The maximum atomic E-state index is 12.8. The summed E-state index contributed by atoms with van der Waals surface area (Å²) in [5, 5.41) is 8.22. The van der Waals surface area contributed by atoms with Crippen LogP contribution in [-0.4, -0.2) is 35.5 Å². The molecular formula is C22H22N2O4S. The van der Waals surface area contributed by atoms with Crippen molar-refractivity contribution < 1.29 is 18.7 Å². The number of fused-ring (bicyclic) bond motifs is 1. The van der Waals surface area contributed by atoms with E-state index in [1.165, 1.54) is 22.9 Å². The van der Waals surface area contributed by atoms with Gasteiger partial charge in [-0.15, -0.1) is 10.2 Å². The van der Waals surface area contributed by atoms with Crippen LogP contribution in [0.1, 0.15) is 34.8 Å². The van der Waals surface area contributed by atoms with Crippen LogP contribution in [-0.2, 0) is 12.8 Å². The van der Waals surface area contributed by atoms with Crippen molar-refractivity contribution in [2.24, 2.45) is 0 Å². The van der Waals surface area contributed by atoms with E-state index in [1.54, 1.807) is 32.4 Å². The zero-order chi connectivity index (χ0) is 20.4. The van der Waals surface area contributed by atoms with Gasteiger partial charge in [-0.3, -0.25) is 4.79 Å². The van der Waals surface area contributed by atoms with Gasteiger partial charge in [0, 0.05) is 17.2 Å². The lowest BCUT2D eigenvalue weighted by Gasteiger charge is -2.09. The Bertz CT molecular complexity index is 1020. The van der Waals surface area contributed by atoms with Crippen LogP contribution in [0.4, 0.5) is 0 Å². The number of aryl methyl sites for hydroxylation is 2. The van der Waals surface area contributed by atoms with E-state index in [1.807, 2.05) is 19.1 Å². The summed E-state index contributed by atoms with van der Waals surface area (Å²) in [6.45, 7) is 1.86. The van der Waals surface area contributed by atoms with Gasteiger partial charge in [-0.05, 0) is 55.5 Å². The summed E-state index contributed by atoms with van der Waals surface area (Å²) in [7, 11) is 3.17. The number of rotatable bonds is 7. The molecule has 0 fully saturated rings. The molecule has 1 heterocycles. The summed E-state index contributed by atoms with van der Waals surface area (Å²) in [6.07, 6.45) is 3.32. The van der Waals surface area contributed by atoms with E-state index < -0.39 is 0 Å². The first-order valence-electron chi connectivity index (χ1n) is 9.47. The first-order valence-corrected chi connectivity index (χ1v) is 10.3. The third-order valence-corrected chi connectivity index (χ3v) is 5.97. The van der Waals surface area contributed by atoms with Crippen LogP contribution >= 0.6 is 11.8 Å². The predicted octanol–water partition coefficient (Wildman–Crippen LogP) is 4.61. The Morgan fingerprint density at radius 1 is 1.03 bits per heavy atom. The molecule has 1 aliphatic carbocycles. The van der Waals surface area contributed by atoms with E-state index in [-0.39, 0.29) is 11.0 Å². The van der Waals surface area contributed by atoms with Gasteiger partial charge in [0.05, 0.1) is 19.5 Å². The van der Waals surface area contributed by atoms with Gasteiger partial charge in [0.2, 0.25) is 5.89 Å². The van der Waals surface area contributed by atoms with E-state index in [0.717, 1.165) is 24.8 Å². The van der Waals surface area contributed by atoms with Gasteiger partial charge in [-0.2, -0.15) is 0 Å². The number of hydrogen-bond donors (Lipinski definition) is 0. The largest absolute Gasteiger partial charge is 0.497 e. The maximum Gasteiger partial charge on any atom is 0.277 e. The minimum absolute atomic E-state index is 0.0625. The second-order valence-electron chi connectivity index (χ2n) is 6.94. The molecule has 2 aromatic carbocycles. The zero-order valence-corrected chi connectivity index (χ0v) is 17.4. The Kier molecular flexibility index (Phi) is 5.58. The molecule has 0 saturated heterocycles. The topological polar surface area (TPSA) is 74.5 Å². The quantitative estimate of drug-likeness (QED) is 0.416. The molecule has 1 atom stereocenters. The summed E-state index contributed by atoms with van der Waals surface area (Å²) in [6, 6.07) is 11.4. The minimum atomic E-state index is -0.331. The van der Waals surface area contributed by atoms with E-state index >= 15 is 0 Å². The Morgan fingerprint density at radius 2 is 1.76 bits per heavy atom. The second-order valence-corrected chi connectivity index (χ2v) is 8.23. The molecule has 4 rings (SSSR count). The molecule has 1 aliphatic rings. The number of Topliss-reactive ketones (excluding diaryl/α,β-unsaturated/α-hetero) is 1. The highest BCUT2D eigenvalue weighted by Crippen LogP contribution is 2.32. The van der Waals surface area contributed by atoms with Crippen molar-refractivity contribution in [1.82, 2.24) is 10.2 Å². The summed E-state index contributed by atoms with van der Waals surface area (Å²) in [5.74, 6) is 1.67. The van der Waals surface area contributed by atoms with Gasteiger partial charge in [0.15, 0.2) is 5.78 Å². The smallest absolute Gasteiger partial charge is 0.277 e. The Balaban J connectivity index is 1.49. The van der Waals surface area contributed by atoms with E-state index in [4.69, 9.17) is 13.9 Å². The van der Waals surface area contributed by atoms with Crippen LogP contribution in [0.25, 0.3) is 11.5 Å². The Hall–Kier alpha value is -2.80. The molecule has 29 heavy (non-hydrogen) atoms. The molecule has 1 aromatic heterocycles. The maximum absolute atomic E-state index is 12.8. The Labute approximate surface area is 173 Å². The average Bonchev–Trinajstić information content (AvgIpc) is 3.41. The van der Waals surface area contributed by atoms with Crippen LogP contribution < -0.4 is 9.47 Å². The molecule has 0 N–H and O–H groups in total. The van der Waals surface area contributed by atoms with Crippen molar-refractivity contribution in [3.63, 3.8) is 0 Å². The number of benzene rings is 2. The van der Waals surface area contributed by atoms with E-state index in [0.29, 0.717) is 28.2 Å². The lowest BCUT2D eigenvalue weighted by molar-refractivity contribution is 0.0993. The van der Waals surface area contributed by atoms with Gasteiger partial charge in [-0.25, -0.2) is 0 Å². The normalized spacial score (nSPS) is 13.8. The fraction of sp³-hybridized carbons (Fsp3) is 0.318. The molecule has 0 radical (unpaired) electrons. The number of ether oxygens (including phenoxy) is 2. The average molecular weight is 410 g/mol. The molecule has 0 amide bonds. The SMILES string of the molecule is COc1cc(OC)cc(-c2nnc(S[C@H](C)C(=O)c3ccc4c(c3)CCC4)o2)c1. The molecule has 7 heteroatoms. The van der Waals surface area contributed by atoms with Crippen LogP contribution in [0.3, 0.4) is 0 Å². The van der Waals surface area contributed by atoms with E-state index in [2.05, 4.69) is 16.3 Å². The highest BCUT2D eigenvalue weighted by Gasteiger charge is 2.22. The van der Waals surface area contributed by atoms with Gasteiger partial charge >= 0.3 is 0 Å². The van der Waals surface area contributed by atoms with Gasteiger partial charge in [-0.1, -0.05) is 23.9 Å². The number of nitrogens with zero attached hydrogens (tertiary/aromatic N) is 2. The van der Waals surface area contributed by atoms with Gasteiger partial charge < -0.3 is 13.9 Å². The molecule has 150 valence electrons. The van der Waals surface area contributed by atoms with Crippen LogP contribution in [0, 0.1) is 0 Å². The molecule has 0 saturated carbocycles. The first kappa shape index (κ1) is 19.5. The van der Waals surface area contributed by atoms with Crippen LogP contribution in [0.5, 0.6) is 11.5 Å². The summed E-state index contributed by atoms with van der Waals surface area (Å²) < 4.78 is 16.3. The molecule has 0 aliphatic heterocycles. The third-order valence-electron chi connectivity index (χ3n) is 5.03. The number of aromatic nitrogens is 2. The number of thioether (sulfide) groups is 1. The molecule has 0 unspecified atom stereocenters. The van der Waals surface area contributed by atoms with Gasteiger partial charge in [0.25, 0.3) is 5.22 Å². The molecule has 0 bridgehead atoms.